The molecule has 0 saturated heterocycles. The first-order valence-electron chi connectivity index (χ1n) is 8.73. The Balaban J connectivity index is 1.44. The van der Waals surface area contributed by atoms with Gasteiger partial charge in [-0.05, 0) is 44.4 Å². The molecule has 1 aromatic heterocycles. The van der Waals surface area contributed by atoms with E-state index in [-0.39, 0.29) is 5.91 Å². The van der Waals surface area contributed by atoms with Crippen LogP contribution in [0.15, 0.2) is 24.3 Å². The molecule has 0 bridgehead atoms. The molecule has 1 aromatic carbocycles. The minimum absolute atomic E-state index is 0.00964. The number of carbonyl (C=O) groups excluding carboxylic acids is 1. The first kappa shape index (κ1) is 15.4. The highest BCUT2D eigenvalue weighted by Crippen LogP contribution is 2.41. The normalized spacial score (nSPS) is 20.7. The van der Waals surface area contributed by atoms with Crippen molar-refractivity contribution in [3.05, 3.63) is 52.3 Å². The van der Waals surface area contributed by atoms with Crippen molar-refractivity contribution in [1.29, 1.82) is 0 Å². The average molecular weight is 324 g/mol. The lowest BCUT2D eigenvalue weighted by atomic mass is 9.94. The predicted molar refractivity (Wildman–Crippen MR) is 93.0 cm³/mol. The van der Waals surface area contributed by atoms with E-state index in [2.05, 4.69) is 51.7 Å². The number of hydrogen-bond donors (Lipinski definition) is 2. The molecule has 2 heterocycles. The lowest BCUT2D eigenvalue weighted by molar-refractivity contribution is 0.0933. The molecule has 1 fully saturated rings. The summed E-state index contributed by atoms with van der Waals surface area (Å²) < 4.78 is 0. The summed E-state index contributed by atoms with van der Waals surface area (Å²) in [6.45, 7) is 3.53. The quantitative estimate of drug-likeness (QED) is 0.908. The number of rotatable bonds is 4. The fourth-order valence-electron chi connectivity index (χ4n) is 3.63. The molecule has 2 aromatic rings. The molecular weight excluding hydrogens is 300 g/mol. The highest BCUT2D eigenvalue weighted by Gasteiger charge is 2.32. The summed E-state index contributed by atoms with van der Waals surface area (Å²) in [5, 5.41) is 10.5. The Morgan fingerprint density at radius 3 is 2.83 bits per heavy atom. The van der Waals surface area contributed by atoms with Crippen LogP contribution in [0.2, 0.25) is 0 Å². The van der Waals surface area contributed by atoms with E-state index in [0.717, 1.165) is 42.8 Å². The van der Waals surface area contributed by atoms with Crippen molar-refractivity contribution in [2.75, 3.05) is 13.6 Å². The van der Waals surface area contributed by atoms with E-state index < -0.39 is 0 Å². The molecule has 126 valence electrons. The van der Waals surface area contributed by atoms with Crippen molar-refractivity contribution in [2.45, 2.75) is 44.7 Å². The van der Waals surface area contributed by atoms with Crippen LogP contribution in [0.25, 0.3) is 0 Å². The van der Waals surface area contributed by atoms with E-state index in [4.69, 9.17) is 0 Å². The lowest BCUT2D eigenvalue weighted by Gasteiger charge is -2.34. The fraction of sp³-hybridized carbons (Fsp3) is 0.474. The standard InChI is InChI=1S/C19H24N4O/c1-12-17(18(22-21-12)13-7-8-13)19(24)20-10-16-9-14-5-3-4-6-15(14)11-23(16)2/h3-6,13,16H,7-11H2,1-2H3,(H,20,24)(H,21,22). The van der Waals surface area contributed by atoms with Gasteiger partial charge in [-0.3, -0.25) is 14.8 Å². The number of amides is 1. The number of carbonyl (C=O) groups is 1. The topological polar surface area (TPSA) is 61.0 Å². The zero-order chi connectivity index (χ0) is 16.7. The van der Waals surface area contributed by atoms with E-state index >= 15 is 0 Å². The van der Waals surface area contributed by atoms with Gasteiger partial charge >= 0.3 is 0 Å². The molecule has 1 unspecified atom stereocenters. The minimum atomic E-state index is 0.00964. The van der Waals surface area contributed by atoms with Crippen molar-refractivity contribution < 1.29 is 4.79 Å². The van der Waals surface area contributed by atoms with Crippen LogP contribution in [-0.4, -0.2) is 40.6 Å². The molecule has 24 heavy (non-hydrogen) atoms. The monoisotopic (exact) mass is 324 g/mol. The second-order valence-corrected chi connectivity index (χ2v) is 7.13. The largest absolute Gasteiger partial charge is 0.350 e. The number of likely N-dealkylation sites (N-methyl/N-ethyl adjacent to an activating group) is 1. The van der Waals surface area contributed by atoms with Crippen molar-refractivity contribution >= 4 is 5.91 Å². The number of benzene rings is 1. The van der Waals surface area contributed by atoms with Gasteiger partial charge in [-0.25, -0.2) is 0 Å². The molecule has 2 aliphatic rings. The van der Waals surface area contributed by atoms with Gasteiger partial charge in [0.1, 0.15) is 0 Å². The van der Waals surface area contributed by atoms with Crippen molar-refractivity contribution in [3.63, 3.8) is 0 Å². The SMILES string of the molecule is Cc1[nH]nc(C2CC2)c1C(=O)NCC1Cc2ccccc2CN1C. The zero-order valence-corrected chi connectivity index (χ0v) is 14.3. The molecule has 0 radical (unpaired) electrons. The van der Waals surface area contributed by atoms with Crippen LogP contribution >= 0.6 is 0 Å². The van der Waals surface area contributed by atoms with Crippen LogP contribution in [0.3, 0.4) is 0 Å². The molecule has 4 rings (SSSR count). The molecule has 1 aliphatic carbocycles. The van der Waals surface area contributed by atoms with Crippen LogP contribution in [0.4, 0.5) is 0 Å². The van der Waals surface area contributed by atoms with E-state index in [1.54, 1.807) is 0 Å². The average Bonchev–Trinajstić information content (AvgIpc) is 3.35. The summed E-state index contributed by atoms with van der Waals surface area (Å²) in [7, 11) is 2.13. The Bertz CT molecular complexity index is 762. The third kappa shape index (κ3) is 2.84. The van der Waals surface area contributed by atoms with Crippen LogP contribution < -0.4 is 5.32 Å². The second-order valence-electron chi connectivity index (χ2n) is 7.13. The van der Waals surface area contributed by atoms with Gasteiger partial charge in [-0.1, -0.05) is 24.3 Å². The first-order valence-corrected chi connectivity index (χ1v) is 8.73. The highest BCUT2D eigenvalue weighted by atomic mass is 16.1. The van der Waals surface area contributed by atoms with Gasteiger partial charge in [0.2, 0.25) is 0 Å². The summed E-state index contributed by atoms with van der Waals surface area (Å²) in [4.78, 5) is 15.0. The number of aromatic nitrogens is 2. The number of H-pyrrole nitrogens is 1. The number of nitrogens with zero attached hydrogens (tertiary/aromatic N) is 2. The van der Waals surface area contributed by atoms with Gasteiger partial charge in [0.15, 0.2) is 0 Å². The Hall–Kier alpha value is -2.14. The van der Waals surface area contributed by atoms with Gasteiger partial charge in [0, 0.05) is 30.7 Å². The fourth-order valence-corrected chi connectivity index (χ4v) is 3.63. The van der Waals surface area contributed by atoms with Crippen LogP contribution in [0, 0.1) is 6.92 Å². The molecule has 2 N–H and O–H groups in total. The van der Waals surface area contributed by atoms with E-state index in [1.807, 2.05) is 6.92 Å². The van der Waals surface area contributed by atoms with Gasteiger partial charge in [-0.15, -0.1) is 0 Å². The maximum atomic E-state index is 12.7. The van der Waals surface area contributed by atoms with Gasteiger partial charge in [0.25, 0.3) is 5.91 Å². The number of fused-ring (bicyclic) bond motifs is 1. The molecule has 0 spiro atoms. The van der Waals surface area contributed by atoms with Crippen molar-refractivity contribution in [3.8, 4) is 0 Å². The summed E-state index contributed by atoms with van der Waals surface area (Å²) >= 11 is 0. The van der Waals surface area contributed by atoms with E-state index in [1.165, 1.54) is 11.1 Å². The molecule has 5 heteroatoms. The molecule has 1 atom stereocenters. The molecule has 1 saturated carbocycles. The third-order valence-electron chi connectivity index (χ3n) is 5.28. The third-order valence-corrected chi connectivity index (χ3v) is 5.28. The summed E-state index contributed by atoms with van der Waals surface area (Å²) in [5.74, 6) is 0.482. The Labute approximate surface area is 142 Å². The molecule has 1 amide bonds. The predicted octanol–water partition coefficient (Wildman–Crippen LogP) is 2.38. The minimum Gasteiger partial charge on any atom is -0.350 e. The lowest BCUT2D eigenvalue weighted by Crippen LogP contribution is -2.45. The molecule has 1 aliphatic heterocycles. The van der Waals surface area contributed by atoms with Gasteiger partial charge < -0.3 is 5.32 Å². The van der Waals surface area contributed by atoms with E-state index in [9.17, 15) is 4.79 Å². The Kier molecular flexibility index (Phi) is 3.88. The van der Waals surface area contributed by atoms with Crippen molar-refractivity contribution in [2.24, 2.45) is 0 Å². The van der Waals surface area contributed by atoms with Crippen LogP contribution in [0.5, 0.6) is 0 Å². The first-order chi connectivity index (χ1) is 11.6. The number of aryl methyl sites for hydroxylation is 1. The maximum absolute atomic E-state index is 12.7. The summed E-state index contributed by atoms with van der Waals surface area (Å²) in [5.41, 5.74) is 5.37. The van der Waals surface area contributed by atoms with E-state index in [0.29, 0.717) is 18.5 Å². The van der Waals surface area contributed by atoms with Gasteiger partial charge in [0.05, 0.1) is 11.3 Å². The van der Waals surface area contributed by atoms with Crippen LogP contribution in [0.1, 0.15) is 51.6 Å². The van der Waals surface area contributed by atoms with Crippen LogP contribution in [-0.2, 0) is 13.0 Å². The maximum Gasteiger partial charge on any atom is 0.255 e. The summed E-state index contributed by atoms with van der Waals surface area (Å²) in [6.07, 6.45) is 3.27. The zero-order valence-electron chi connectivity index (χ0n) is 14.3. The Morgan fingerprint density at radius 1 is 1.33 bits per heavy atom. The molecule has 5 nitrogen and oxygen atoms in total. The number of aromatic amines is 1. The number of nitrogens with one attached hydrogen (secondary N) is 2. The smallest absolute Gasteiger partial charge is 0.255 e. The van der Waals surface area contributed by atoms with Gasteiger partial charge in [-0.2, -0.15) is 5.10 Å². The van der Waals surface area contributed by atoms with Crippen molar-refractivity contribution in [1.82, 2.24) is 20.4 Å². The second kappa shape index (κ2) is 6.06. The Morgan fingerprint density at radius 2 is 2.08 bits per heavy atom. The summed E-state index contributed by atoms with van der Waals surface area (Å²) in [6, 6.07) is 8.91. The highest BCUT2D eigenvalue weighted by molar-refractivity contribution is 5.96. The number of hydrogen-bond acceptors (Lipinski definition) is 3. The molecular formula is C19H24N4O.